The number of fused-ring (bicyclic) bond motifs is 1. The van der Waals surface area contributed by atoms with Crippen molar-refractivity contribution < 1.29 is 14.3 Å². The van der Waals surface area contributed by atoms with Crippen LogP contribution in [0.2, 0.25) is 0 Å². The first kappa shape index (κ1) is 22.3. The summed E-state index contributed by atoms with van der Waals surface area (Å²) in [5, 5.41) is 0. The Balaban J connectivity index is 1.61. The molecule has 0 heterocycles. The molecular formula is C26H40O3. The van der Waals surface area contributed by atoms with E-state index in [1.54, 1.807) is 0 Å². The van der Waals surface area contributed by atoms with E-state index in [-0.39, 0.29) is 16.8 Å². The second-order valence-electron chi connectivity index (χ2n) is 11.0. The Morgan fingerprint density at radius 2 is 1.79 bits per heavy atom. The summed E-state index contributed by atoms with van der Waals surface area (Å²) in [4.78, 5) is 12.4. The molecule has 1 aromatic rings. The van der Waals surface area contributed by atoms with Gasteiger partial charge in [0.15, 0.2) is 0 Å². The van der Waals surface area contributed by atoms with Crippen LogP contribution in [0.5, 0.6) is 0 Å². The predicted molar refractivity (Wildman–Crippen MR) is 117 cm³/mol. The summed E-state index contributed by atoms with van der Waals surface area (Å²) in [5.41, 5.74) is 1.38. The van der Waals surface area contributed by atoms with Crippen LogP contribution in [-0.4, -0.2) is 17.7 Å². The lowest BCUT2D eigenvalue weighted by Crippen LogP contribution is -2.54. The van der Waals surface area contributed by atoms with Gasteiger partial charge in [0.05, 0.1) is 12.7 Å². The van der Waals surface area contributed by atoms with E-state index < -0.39 is 5.60 Å². The largest absolute Gasteiger partial charge is 0.460 e. The molecule has 2 saturated carbocycles. The first-order chi connectivity index (χ1) is 13.5. The standard InChI is InChI=1S/C26H40O3/c1-19-22(28-18-20-10-8-7-9-11-20)13-14-25(5)17-21(12-15-26(19,25)6)16-23(27)29-24(2,3)4/h7-11,19,21-22H,12-18H2,1-6H3/t19-,21+,22+,25-,26+/m1/s1. The van der Waals surface area contributed by atoms with Crippen molar-refractivity contribution in [3.05, 3.63) is 35.9 Å². The number of ether oxygens (including phenoxy) is 2. The van der Waals surface area contributed by atoms with Crippen LogP contribution in [0.15, 0.2) is 30.3 Å². The molecule has 162 valence electrons. The van der Waals surface area contributed by atoms with E-state index in [4.69, 9.17) is 9.47 Å². The number of benzene rings is 1. The lowest BCUT2D eigenvalue weighted by atomic mass is 9.46. The lowest BCUT2D eigenvalue weighted by Gasteiger charge is -2.60. The maximum absolute atomic E-state index is 12.4. The molecule has 2 aliphatic rings. The quantitative estimate of drug-likeness (QED) is 0.526. The molecule has 0 amide bonds. The molecule has 0 bridgehead atoms. The van der Waals surface area contributed by atoms with E-state index in [0.717, 1.165) is 19.3 Å². The molecule has 29 heavy (non-hydrogen) atoms. The lowest BCUT2D eigenvalue weighted by molar-refractivity contribution is -0.166. The van der Waals surface area contributed by atoms with Gasteiger partial charge in [-0.3, -0.25) is 4.79 Å². The Labute approximate surface area is 177 Å². The summed E-state index contributed by atoms with van der Waals surface area (Å²) in [5.74, 6) is 0.923. The van der Waals surface area contributed by atoms with Crippen molar-refractivity contribution in [3.63, 3.8) is 0 Å². The highest BCUT2D eigenvalue weighted by Crippen LogP contribution is 2.62. The minimum atomic E-state index is -0.396. The Kier molecular flexibility index (Phi) is 6.48. The SMILES string of the molecule is C[C@@H]1[C@@H](OCc2ccccc2)CC[C@]2(C)C[C@H](CC(=O)OC(C)(C)C)CC[C@@]12C. The van der Waals surface area contributed by atoms with Gasteiger partial charge in [0.1, 0.15) is 5.60 Å². The second kappa shape index (κ2) is 8.41. The number of hydrogen-bond donors (Lipinski definition) is 0. The fourth-order valence-electron chi connectivity index (χ4n) is 5.86. The average Bonchev–Trinajstić information content (AvgIpc) is 2.63. The summed E-state index contributed by atoms with van der Waals surface area (Å²) >= 11 is 0. The van der Waals surface area contributed by atoms with Crippen molar-refractivity contribution in [2.45, 2.75) is 98.4 Å². The van der Waals surface area contributed by atoms with Gasteiger partial charge >= 0.3 is 5.97 Å². The van der Waals surface area contributed by atoms with Gasteiger partial charge < -0.3 is 9.47 Å². The zero-order valence-electron chi connectivity index (χ0n) is 19.3. The highest BCUT2D eigenvalue weighted by atomic mass is 16.6. The van der Waals surface area contributed by atoms with Crippen LogP contribution >= 0.6 is 0 Å². The monoisotopic (exact) mass is 400 g/mol. The van der Waals surface area contributed by atoms with Crippen LogP contribution in [-0.2, 0) is 20.9 Å². The number of carbonyl (C=O) groups is 1. The van der Waals surface area contributed by atoms with E-state index in [1.165, 1.54) is 18.4 Å². The molecule has 0 unspecified atom stereocenters. The number of hydrogen-bond acceptors (Lipinski definition) is 3. The van der Waals surface area contributed by atoms with Gasteiger partial charge in [0.25, 0.3) is 0 Å². The van der Waals surface area contributed by atoms with Gasteiger partial charge in [-0.1, -0.05) is 51.1 Å². The smallest absolute Gasteiger partial charge is 0.306 e. The highest BCUT2D eigenvalue weighted by Gasteiger charge is 2.56. The van der Waals surface area contributed by atoms with Gasteiger partial charge in [-0.2, -0.15) is 0 Å². The summed E-state index contributed by atoms with van der Waals surface area (Å²) in [6.45, 7) is 13.9. The first-order valence-corrected chi connectivity index (χ1v) is 11.4. The average molecular weight is 401 g/mol. The third-order valence-electron chi connectivity index (χ3n) is 7.92. The predicted octanol–water partition coefficient (Wildman–Crippen LogP) is 6.55. The molecule has 3 heteroatoms. The maximum Gasteiger partial charge on any atom is 0.306 e. The Morgan fingerprint density at radius 1 is 1.10 bits per heavy atom. The normalized spacial score (nSPS) is 35.0. The zero-order chi connectivity index (χ0) is 21.3. The van der Waals surface area contributed by atoms with E-state index in [2.05, 4.69) is 51.1 Å². The van der Waals surface area contributed by atoms with Crippen molar-refractivity contribution in [3.8, 4) is 0 Å². The van der Waals surface area contributed by atoms with E-state index >= 15 is 0 Å². The van der Waals surface area contributed by atoms with Crippen LogP contribution in [0.4, 0.5) is 0 Å². The van der Waals surface area contributed by atoms with E-state index in [0.29, 0.717) is 31.0 Å². The zero-order valence-corrected chi connectivity index (χ0v) is 19.3. The minimum Gasteiger partial charge on any atom is -0.460 e. The van der Waals surface area contributed by atoms with Gasteiger partial charge in [-0.25, -0.2) is 0 Å². The number of rotatable bonds is 5. The highest BCUT2D eigenvalue weighted by molar-refractivity contribution is 5.70. The van der Waals surface area contributed by atoms with Crippen molar-refractivity contribution >= 4 is 5.97 Å². The van der Waals surface area contributed by atoms with Crippen LogP contribution in [0.25, 0.3) is 0 Å². The summed E-state index contributed by atoms with van der Waals surface area (Å²) < 4.78 is 12.0. The molecule has 3 nitrogen and oxygen atoms in total. The van der Waals surface area contributed by atoms with Crippen LogP contribution < -0.4 is 0 Å². The first-order valence-electron chi connectivity index (χ1n) is 11.4. The van der Waals surface area contributed by atoms with E-state index in [9.17, 15) is 4.79 Å². The molecular weight excluding hydrogens is 360 g/mol. The Bertz CT molecular complexity index is 692. The number of esters is 1. The molecule has 0 spiro atoms. The Hall–Kier alpha value is -1.35. The van der Waals surface area contributed by atoms with Crippen molar-refractivity contribution in [1.82, 2.24) is 0 Å². The van der Waals surface area contributed by atoms with Crippen LogP contribution in [0.1, 0.15) is 85.6 Å². The molecule has 0 N–H and O–H groups in total. The molecule has 3 rings (SSSR count). The summed E-state index contributed by atoms with van der Waals surface area (Å²) in [6, 6.07) is 10.5. The molecule has 0 aromatic heterocycles. The van der Waals surface area contributed by atoms with Crippen molar-refractivity contribution in [2.75, 3.05) is 0 Å². The molecule has 5 atom stereocenters. The maximum atomic E-state index is 12.4. The fourth-order valence-corrected chi connectivity index (χ4v) is 5.86. The van der Waals surface area contributed by atoms with Gasteiger partial charge in [-0.15, -0.1) is 0 Å². The van der Waals surface area contributed by atoms with Gasteiger partial charge in [0, 0.05) is 6.42 Å². The minimum absolute atomic E-state index is 0.0392. The van der Waals surface area contributed by atoms with Crippen molar-refractivity contribution in [2.24, 2.45) is 22.7 Å². The van der Waals surface area contributed by atoms with Crippen LogP contribution in [0, 0.1) is 22.7 Å². The van der Waals surface area contributed by atoms with E-state index in [1.807, 2.05) is 20.8 Å². The molecule has 2 fully saturated rings. The fraction of sp³-hybridized carbons (Fsp3) is 0.731. The summed E-state index contributed by atoms with van der Waals surface area (Å²) in [7, 11) is 0. The number of carbonyl (C=O) groups excluding carboxylic acids is 1. The van der Waals surface area contributed by atoms with Crippen molar-refractivity contribution in [1.29, 1.82) is 0 Å². The molecule has 1 aromatic carbocycles. The topological polar surface area (TPSA) is 35.5 Å². The second-order valence-corrected chi connectivity index (χ2v) is 11.0. The Morgan fingerprint density at radius 3 is 2.45 bits per heavy atom. The molecule has 0 aliphatic heterocycles. The third-order valence-corrected chi connectivity index (χ3v) is 7.92. The van der Waals surface area contributed by atoms with Gasteiger partial charge in [-0.05, 0) is 81.1 Å². The molecule has 0 radical (unpaired) electrons. The molecule has 2 aliphatic carbocycles. The van der Waals surface area contributed by atoms with Crippen LogP contribution in [0.3, 0.4) is 0 Å². The third kappa shape index (κ3) is 5.05. The van der Waals surface area contributed by atoms with Gasteiger partial charge in [0.2, 0.25) is 0 Å². The molecule has 0 saturated heterocycles. The summed E-state index contributed by atoms with van der Waals surface area (Å²) in [6.07, 6.45) is 6.57.